The Morgan fingerprint density at radius 2 is 2.21 bits per heavy atom. The first-order chi connectivity index (χ1) is 9.04. The third-order valence-electron chi connectivity index (χ3n) is 3.40. The van der Waals surface area contributed by atoms with Gasteiger partial charge in [0.25, 0.3) is 0 Å². The van der Waals surface area contributed by atoms with Crippen molar-refractivity contribution in [2.45, 2.75) is 26.9 Å². The van der Waals surface area contributed by atoms with Crippen molar-refractivity contribution in [3.63, 3.8) is 0 Å². The third kappa shape index (κ3) is 2.01. The first-order valence-electron chi connectivity index (χ1n) is 6.10. The van der Waals surface area contributed by atoms with Gasteiger partial charge in [0.15, 0.2) is 0 Å². The minimum Gasteiger partial charge on any atom is -0.444 e. The van der Waals surface area contributed by atoms with Crippen LogP contribution in [-0.2, 0) is 13.1 Å². The summed E-state index contributed by atoms with van der Waals surface area (Å²) in [5.74, 6) is 1.40. The minimum atomic E-state index is -0.312. The van der Waals surface area contributed by atoms with Crippen LogP contribution in [0.4, 0.5) is 4.39 Å². The van der Waals surface area contributed by atoms with Crippen LogP contribution in [0.5, 0.6) is 0 Å². The van der Waals surface area contributed by atoms with Crippen LogP contribution in [0.1, 0.15) is 28.5 Å². The number of nitrogens with one attached hydrogen (secondary N) is 1. The van der Waals surface area contributed by atoms with E-state index in [1.54, 1.807) is 6.07 Å². The number of benzene rings is 1. The molecule has 0 atom stereocenters. The van der Waals surface area contributed by atoms with Gasteiger partial charge >= 0.3 is 0 Å². The van der Waals surface area contributed by atoms with Gasteiger partial charge in [0, 0.05) is 12.1 Å². The number of aromatic nitrogens is 1. The van der Waals surface area contributed by atoms with Crippen molar-refractivity contribution in [1.82, 2.24) is 9.88 Å². The molecule has 0 fully saturated rings. The van der Waals surface area contributed by atoms with E-state index in [-0.39, 0.29) is 5.82 Å². The van der Waals surface area contributed by atoms with E-state index < -0.39 is 0 Å². The van der Waals surface area contributed by atoms with Gasteiger partial charge in [-0.3, -0.25) is 5.41 Å². The van der Waals surface area contributed by atoms with Crippen molar-refractivity contribution in [2.24, 2.45) is 0 Å². The lowest BCUT2D eigenvalue weighted by molar-refractivity contribution is 0.350. The summed E-state index contributed by atoms with van der Waals surface area (Å²) in [6, 6.07) is 4.56. The summed E-state index contributed by atoms with van der Waals surface area (Å²) in [6.45, 7) is 4.78. The quantitative estimate of drug-likeness (QED) is 0.902. The summed E-state index contributed by atoms with van der Waals surface area (Å²) in [5, 5.41) is 8.08. The van der Waals surface area contributed by atoms with Gasteiger partial charge in [-0.25, -0.2) is 9.37 Å². The molecule has 0 aliphatic carbocycles. The van der Waals surface area contributed by atoms with Crippen molar-refractivity contribution >= 4 is 5.84 Å². The zero-order chi connectivity index (χ0) is 13.6. The van der Waals surface area contributed by atoms with Gasteiger partial charge < -0.3 is 9.32 Å². The number of halogens is 1. The highest BCUT2D eigenvalue weighted by Crippen LogP contribution is 2.25. The fraction of sp³-hybridized carbons (Fsp3) is 0.286. The monoisotopic (exact) mass is 259 g/mol. The molecule has 0 spiro atoms. The Morgan fingerprint density at radius 3 is 2.89 bits per heavy atom. The fourth-order valence-electron chi connectivity index (χ4n) is 2.27. The number of nitrogens with zero attached hydrogens (tertiary/aromatic N) is 2. The molecule has 4 nitrogen and oxygen atoms in total. The zero-order valence-electron chi connectivity index (χ0n) is 10.8. The van der Waals surface area contributed by atoms with E-state index in [2.05, 4.69) is 4.98 Å². The number of amidine groups is 1. The second-order valence-electron chi connectivity index (χ2n) is 4.76. The first-order valence-corrected chi connectivity index (χ1v) is 6.10. The van der Waals surface area contributed by atoms with E-state index in [4.69, 9.17) is 9.83 Å². The SMILES string of the molecule is Cc1nc(CN2Cc3ccc(F)cc3C2=N)oc1C. The van der Waals surface area contributed by atoms with Gasteiger partial charge in [0.1, 0.15) is 17.4 Å². The molecular formula is C14H14FN3O. The van der Waals surface area contributed by atoms with E-state index in [1.807, 2.05) is 18.7 Å². The molecule has 1 aliphatic heterocycles. The highest BCUT2D eigenvalue weighted by molar-refractivity contribution is 6.00. The van der Waals surface area contributed by atoms with Crippen molar-refractivity contribution in [1.29, 1.82) is 5.41 Å². The van der Waals surface area contributed by atoms with Crippen LogP contribution in [0.2, 0.25) is 0 Å². The van der Waals surface area contributed by atoms with Gasteiger partial charge in [0.05, 0.1) is 12.2 Å². The number of aryl methyl sites for hydroxylation is 2. The molecule has 98 valence electrons. The lowest BCUT2D eigenvalue weighted by Crippen LogP contribution is -2.23. The second-order valence-corrected chi connectivity index (χ2v) is 4.76. The number of rotatable bonds is 2. The molecule has 3 rings (SSSR count). The van der Waals surface area contributed by atoms with Crippen molar-refractivity contribution in [3.05, 3.63) is 52.5 Å². The number of fused-ring (bicyclic) bond motifs is 1. The van der Waals surface area contributed by atoms with E-state index >= 15 is 0 Å². The second kappa shape index (κ2) is 4.19. The van der Waals surface area contributed by atoms with Crippen LogP contribution in [0.25, 0.3) is 0 Å². The topological polar surface area (TPSA) is 53.1 Å². The Labute approximate surface area is 110 Å². The molecule has 5 heteroatoms. The standard InChI is InChI=1S/C14H14FN3O/c1-8-9(2)19-13(17-8)7-18-6-10-3-4-11(15)5-12(10)14(18)16/h3-5,16H,6-7H2,1-2H3. The summed E-state index contributed by atoms with van der Waals surface area (Å²) in [7, 11) is 0. The number of oxazole rings is 1. The highest BCUT2D eigenvalue weighted by atomic mass is 19.1. The van der Waals surface area contributed by atoms with Crippen molar-refractivity contribution < 1.29 is 8.81 Å². The number of hydrogen-bond acceptors (Lipinski definition) is 3. The van der Waals surface area contributed by atoms with Crippen molar-refractivity contribution in [3.8, 4) is 0 Å². The predicted molar refractivity (Wildman–Crippen MR) is 68.5 cm³/mol. The summed E-state index contributed by atoms with van der Waals surface area (Å²) in [5.41, 5.74) is 2.48. The van der Waals surface area contributed by atoms with Gasteiger partial charge in [-0.2, -0.15) is 0 Å². The molecule has 1 aromatic carbocycles. The molecule has 1 aromatic heterocycles. The summed E-state index contributed by atoms with van der Waals surface area (Å²) in [4.78, 5) is 6.14. The summed E-state index contributed by atoms with van der Waals surface area (Å²) < 4.78 is 18.7. The van der Waals surface area contributed by atoms with E-state index in [1.165, 1.54) is 12.1 Å². The maximum atomic E-state index is 13.2. The Kier molecular flexibility index (Phi) is 2.62. The molecule has 1 N–H and O–H groups in total. The average Bonchev–Trinajstić information content (AvgIpc) is 2.83. The maximum absolute atomic E-state index is 13.2. The van der Waals surface area contributed by atoms with Crippen LogP contribution >= 0.6 is 0 Å². The number of hydrogen-bond donors (Lipinski definition) is 1. The lowest BCUT2D eigenvalue weighted by atomic mass is 10.1. The van der Waals surface area contributed by atoms with Gasteiger partial charge in [-0.1, -0.05) is 6.07 Å². The minimum absolute atomic E-state index is 0.312. The zero-order valence-corrected chi connectivity index (χ0v) is 10.8. The molecule has 2 aromatic rings. The van der Waals surface area contributed by atoms with Crippen LogP contribution < -0.4 is 0 Å². The van der Waals surface area contributed by atoms with Crippen LogP contribution in [0, 0.1) is 25.1 Å². The van der Waals surface area contributed by atoms with Gasteiger partial charge in [-0.05, 0) is 31.5 Å². The molecule has 2 heterocycles. The highest BCUT2D eigenvalue weighted by Gasteiger charge is 2.25. The molecule has 0 amide bonds. The molecule has 0 saturated carbocycles. The average molecular weight is 259 g/mol. The molecule has 0 bridgehead atoms. The Hall–Kier alpha value is -2.17. The molecule has 0 radical (unpaired) electrons. The van der Waals surface area contributed by atoms with E-state index in [0.717, 1.165) is 17.0 Å². The van der Waals surface area contributed by atoms with E-state index in [9.17, 15) is 4.39 Å². The molecule has 1 aliphatic rings. The first kappa shape index (κ1) is 11.9. The molecule has 0 unspecified atom stereocenters. The Balaban J connectivity index is 1.84. The summed E-state index contributed by atoms with van der Waals surface area (Å²) in [6.07, 6.45) is 0. The Morgan fingerprint density at radius 1 is 1.42 bits per heavy atom. The van der Waals surface area contributed by atoms with Crippen LogP contribution in [-0.4, -0.2) is 15.7 Å². The fourth-order valence-corrected chi connectivity index (χ4v) is 2.27. The van der Waals surface area contributed by atoms with E-state index in [0.29, 0.717) is 30.4 Å². The van der Waals surface area contributed by atoms with Crippen LogP contribution in [0.15, 0.2) is 22.6 Å². The van der Waals surface area contributed by atoms with Gasteiger partial charge in [0.2, 0.25) is 5.89 Å². The maximum Gasteiger partial charge on any atom is 0.214 e. The predicted octanol–water partition coefficient (Wildman–Crippen LogP) is 2.77. The smallest absolute Gasteiger partial charge is 0.214 e. The largest absolute Gasteiger partial charge is 0.444 e. The van der Waals surface area contributed by atoms with Crippen LogP contribution in [0.3, 0.4) is 0 Å². The molecular weight excluding hydrogens is 245 g/mol. The third-order valence-corrected chi connectivity index (χ3v) is 3.40. The lowest BCUT2D eigenvalue weighted by Gasteiger charge is -2.15. The summed E-state index contributed by atoms with van der Waals surface area (Å²) >= 11 is 0. The van der Waals surface area contributed by atoms with Gasteiger partial charge in [-0.15, -0.1) is 0 Å². The normalized spacial score (nSPS) is 14.1. The van der Waals surface area contributed by atoms with Crippen molar-refractivity contribution in [2.75, 3.05) is 0 Å². The molecule has 19 heavy (non-hydrogen) atoms. The Bertz CT molecular complexity index is 643. The molecule has 0 saturated heterocycles.